The molecule has 2 rings (SSSR count). The van der Waals surface area contributed by atoms with Gasteiger partial charge in [-0.05, 0) is 23.8 Å². The van der Waals surface area contributed by atoms with Crippen molar-refractivity contribution >= 4 is 11.6 Å². The fraction of sp³-hybridized carbons (Fsp3) is 0.417. The molecular formula is C24H31NO2. The molecule has 0 amide bonds. The summed E-state index contributed by atoms with van der Waals surface area (Å²) in [7, 11) is 0. The topological polar surface area (TPSA) is 60.2 Å². The van der Waals surface area contributed by atoms with Crippen LogP contribution < -0.4 is 5.73 Å². The van der Waals surface area contributed by atoms with Gasteiger partial charge in [0.2, 0.25) is 0 Å². The molecule has 2 aromatic carbocycles. The lowest BCUT2D eigenvalue weighted by atomic mass is 9.77. The van der Waals surface area contributed by atoms with Crippen LogP contribution in [0.1, 0.15) is 79.3 Å². The second-order valence-corrected chi connectivity index (χ2v) is 8.17. The number of rotatable bonds is 8. The van der Waals surface area contributed by atoms with Gasteiger partial charge < -0.3 is 5.73 Å². The van der Waals surface area contributed by atoms with E-state index in [0.29, 0.717) is 16.7 Å². The molecule has 0 saturated carbocycles. The van der Waals surface area contributed by atoms with Crippen LogP contribution >= 0.6 is 0 Å². The maximum atomic E-state index is 12.8. The third-order valence-electron chi connectivity index (χ3n) is 5.94. The van der Waals surface area contributed by atoms with E-state index in [1.807, 2.05) is 26.0 Å². The summed E-state index contributed by atoms with van der Waals surface area (Å²) in [6.07, 6.45) is 2.12. The first-order valence-electron chi connectivity index (χ1n) is 9.68. The van der Waals surface area contributed by atoms with Crippen LogP contribution in [0.4, 0.5) is 0 Å². The largest absolute Gasteiger partial charge is 0.329 e. The molecule has 0 atom stereocenters. The highest BCUT2D eigenvalue weighted by Crippen LogP contribution is 2.31. The lowest BCUT2D eigenvalue weighted by Crippen LogP contribution is -2.32. The van der Waals surface area contributed by atoms with Crippen molar-refractivity contribution < 1.29 is 9.59 Å². The molecule has 0 saturated heterocycles. The lowest BCUT2D eigenvalue weighted by molar-refractivity contribution is 0.0847. The molecule has 0 fully saturated rings. The quantitative estimate of drug-likeness (QED) is 0.657. The van der Waals surface area contributed by atoms with Crippen LogP contribution in [0.25, 0.3) is 0 Å². The van der Waals surface area contributed by atoms with Crippen LogP contribution in [-0.4, -0.2) is 18.1 Å². The number of nitrogens with two attached hydrogens (primary N) is 1. The van der Waals surface area contributed by atoms with Crippen LogP contribution in [0, 0.1) is 5.41 Å². The Morgan fingerprint density at radius 2 is 1.19 bits per heavy atom. The van der Waals surface area contributed by atoms with E-state index in [-0.39, 0.29) is 23.5 Å². The summed E-state index contributed by atoms with van der Waals surface area (Å²) in [4.78, 5) is 25.2. The van der Waals surface area contributed by atoms with Crippen LogP contribution in [0.3, 0.4) is 0 Å². The summed E-state index contributed by atoms with van der Waals surface area (Å²) in [6.45, 7) is 10.6. The van der Waals surface area contributed by atoms with Gasteiger partial charge in [0.15, 0.2) is 11.6 Å². The second kappa shape index (κ2) is 8.18. The monoisotopic (exact) mass is 365 g/mol. The van der Waals surface area contributed by atoms with E-state index in [0.717, 1.165) is 12.8 Å². The van der Waals surface area contributed by atoms with Gasteiger partial charge in [0, 0.05) is 28.7 Å². The predicted octanol–water partition coefficient (Wildman–Crippen LogP) is 5.16. The van der Waals surface area contributed by atoms with Gasteiger partial charge >= 0.3 is 0 Å². The first kappa shape index (κ1) is 21.0. The van der Waals surface area contributed by atoms with E-state index < -0.39 is 5.41 Å². The van der Waals surface area contributed by atoms with Crippen molar-refractivity contribution in [3.63, 3.8) is 0 Å². The normalized spacial score (nSPS) is 12.1. The Hall–Kier alpha value is -2.26. The third-order valence-corrected chi connectivity index (χ3v) is 5.94. The fourth-order valence-electron chi connectivity index (χ4n) is 3.11. The molecule has 0 spiro atoms. The van der Waals surface area contributed by atoms with Gasteiger partial charge in [-0.3, -0.25) is 9.59 Å². The summed E-state index contributed by atoms with van der Waals surface area (Å²) >= 11 is 0. The third kappa shape index (κ3) is 4.36. The summed E-state index contributed by atoms with van der Waals surface area (Å²) < 4.78 is 0. The van der Waals surface area contributed by atoms with Crippen LogP contribution in [0.2, 0.25) is 0 Å². The Morgan fingerprint density at radius 3 is 1.59 bits per heavy atom. The van der Waals surface area contributed by atoms with Crippen molar-refractivity contribution in [1.82, 2.24) is 0 Å². The minimum Gasteiger partial charge on any atom is -0.329 e. The maximum absolute atomic E-state index is 12.8. The number of Topliss-reactive ketones (excluding diaryl/α,β-unsaturated/α-hetero) is 1. The first-order chi connectivity index (χ1) is 12.7. The summed E-state index contributed by atoms with van der Waals surface area (Å²) in [5, 5.41) is 0. The molecule has 3 heteroatoms. The first-order valence-corrected chi connectivity index (χ1v) is 9.68. The molecule has 0 radical (unpaired) electrons. The van der Waals surface area contributed by atoms with Gasteiger partial charge in [-0.2, -0.15) is 0 Å². The van der Waals surface area contributed by atoms with Crippen molar-refractivity contribution in [2.45, 2.75) is 52.9 Å². The van der Waals surface area contributed by atoms with E-state index in [2.05, 4.69) is 32.9 Å². The van der Waals surface area contributed by atoms with Gasteiger partial charge in [-0.1, -0.05) is 83.1 Å². The van der Waals surface area contributed by atoms with Crippen LogP contribution in [0.15, 0.2) is 48.5 Å². The highest BCUT2D eigenvalue weighted by Gasteiger charge is 2.27. The number of ketones is 2. The minimum absolute atomic E-state index is 0.00762. The molecule has 0 aromatic heterocycles. The molecule has 0 aliphatic carbocycles. The van der Waals surface area contributed by atoms with Crippen molar-refractivity contribution in [3.8, 4) is 0 Å². The minimum atomic E-state index is -0.605. The number of carbonyl (C=O) groups is 2. The highest BCUT2D eigenvalue weighted by atomic mass is 16.1. The standard InChI is InChI=1S/C24H31NO2/c1-6-24(5,7-2)20-14-12-18(13-15-20)21(26)17-8-10-19(11-9-17)22(27)23(3,4)16-25/h8-15H,6-7,16,25H2,1-5H3. The average Bonchev–Trinajstić information content (AvgIpc) is 2.72. The highest BCUT2D eigenvalue weighted by molar-refractivity contribution is 6.09. The van der Waals surface area contributed by atoms with Crippen LogP contribution in [0.5, 0.6) is 0 Å². The molecule has 27 heavy (non-hydrogen) atoms. The summed E-state index contributed by atoms with van der Waals surface area (Å²) in [5.41, 5.74) is 8.30. The summed E-state index contributed by atoms with van der Waals surface area (Å²) in [6, 6.07) is 14.8. The van der Waals surface area contributed by atoms with Crippen molar-refractivity contribution in [3.05, 3.63) is 70.8 Å². The SMILES string of the molecule is CCC(C)(CC)c1ccc(C(=O)c2ccc(C(=O)C(C)(C)CN)cc2)cc1. The number of hydrogen-bond acceptors (Lipinski definition) is 3. The number of benzene rings is 2. The smallest absolute Gasteiger partial charge is 0.193 e. The molecule has 144 valence electrons. The molecule has 0 aliphatic heterocycles. The van der Waals surface area contributed by atoms with Gasteiger partial charge in [-0.25, -0.2) is 0 Å². The zero-order chi connectivity index (χ0) is 20.2. The molecule has 2 aromatic rings. The summed E-state index contributed by atoms with van der Waals surface area (Å²) in [5.74, 6) is -0.0416. The maximum Gasteiger partial charge on any atom is 0.193 e. The molecule has 0 bridgehead atoms. The van der Waals surface area contributed by atoms with Crippen molar-refractivity contribution in [1.29, 1.82) is 0 Å². The van der Waals surface area contributed by atoms with Crippen molar-refractivity contribution in [2.75, 3.05) is 6.54 Å². The van der Waals surface area contributed by atoms with Gasteiger partial charge in [0.1, 0.15) is 0 Å². The van der Waals surface area contributed by atoms with Crippen LogP contribution in [-0.2, 0) is 5.41 Å². The van der Waals surface area contributed by atoms with E-state index in [4.69, 9.17) is 5.73 Å². The molecule has 0 aliphatic rings. The fourth-order valence-corrected chi connectivity index (χ4v) is 3.11. The Morgan fingerprint density at radius 1 is 0.778 bits per heavy atom. The van der Waals surface area contributed by atoms with E-state index in [1.165, 1.54) is 5.56 Å². The molecule has 0 heterocycles. The lowest BCUT2D eigenvalue weighted by Gasteiger charge is -2.27. The zero-order valence-electron chi connectivity index (χ0n) is 17.1. The molecule has 0 unspecified atom stereocenters. The molecule has 3 nitrogen and oxygen atoms in total. The van der Waals surface area contributed by atoms with Gasteiger partial charge in [-0.15, -0.1) is 0 Å². The number of carbonyl (C=O) groups excluding carboxylic acids is 2. The molecule has 2 N–H and O–H groups in total. The van der Waals surface area contributed by atoms with Crippen molar-refractivity contribution in [2.24, 2.45) is 11.1 Å². The number of hydrogen-bond donors (Lipinski definition) is 1. The Balaban J connectivity index is 2.22. The van der Waals surface area contributed by atoms with E-state index in [1.54, 1.807) is 24.3 Å². The zero-order valence-corrected chi connectivity index (χ0v) is 17.1. The Labute approximate surface area is 163 Å². The Bertz CT molecular complexity index is 797. The average molecular weight is 366 g/mol. The predicted molar refractivity (Wildman–Crippen MR) is 111 cm³/mol. The Kier molecular flexibility index (Phi) is 6.38. The molecular weight excluding hydrogens is 334 g/mol. The second-order valence-electron chi connectivity index (χ2n) is 8.17. The van der Waals surface area contributed by atoms with E-state index >= 15 is 0 Å². The van der Waals surface area contributed by atoms with Gasteiger partial charge in [0.25, 0.3) is 0 Å². The van der Waals surface area contributed by atoms with E-state index in [9.17, 15) is 9.59 Å². The van der Waals surface area contributed by atoms with Gasteiger partial charge in [0.05, 0.1) is 0 Å².